The second-order valence-electron chi connectivity index (χ2n) is 3.45. The van der Waals surface area contributed by atoms with Gasteiger partial charge in [-0.15, -0.1) is 0 Å². The number of carboxylic acids is 2. The number of amides is 1. The summed E-state index contributed by atoms with van der Waals surface area (Å²) in [6.07, 6.45) is 0.630. The Balaban J connectivity index is 2.90. The molecule has 0 spiro atoms. The van der Waals surface area contributed by atoms with E-state index in [0.717, 1.165) is 0 Å². The van der Waals surface area contributed by atoms with Gasteiger partial charge in [0, 0.05) is 10.7 Å². The predicted octanol–water partition coefficient (Wildman–Crippen LogP) is 1.16. The highest BCUT2D eigenvalue weighted by atomic mass is 79.9. The number of rotatable bonds is 5. The summed E-state index contributed by atoms with van der Waals surface area (Å²) in [4.78, 5) is 36.8. The maximum Gasteiger partial charge on any atom is 0.326 e. The Morgan fingerprint density at radius 2 is 2.05 bits per heavy atom. The van der Waals surface area contributed by atoms with Gasteiger partial charge in [0.2, 0.25) is 0 Å². The van der Waals surface area contributed by atoms with Crippen LogP contribution in [0.25, 0.3) is 0 Å². The average Bonchev–Trinajstić information content (AvgIpc) is 2.30. The molecule has 102 valence electrons. The first-order valence-corrected chi connectivity index (χ1v) is 6.05. The number of halogens is 2. The van der Waals surface area contributed by atoms with Crippen molar-refractivity contribution in [3.8, 4) is 0 Å². The topological polar surface area (TPSA) is 117 Å². The van der Waals surface area contributed by atoms with Gasteiger partial charge in [-0.3, -0.25) is 9.59 Å². The van der Waals surface area contributed by atoms with Crippen LogP contribution in [0.3, 0.4) is 0 Å². The molecule has 0 aliphatic rings. The summed E-state index contributed by atoms with van der Waals surface area (Å²) in [5, 5.41) is 19.3. The molecule has 19 heavy (non-hydrogen) atoms. The second kappa shape index (κ2) is 6.48. The maximum absolute atomic E-state index is 11.8. The third-order valence-corrected chi connectivity index (χ3v) is 2.77. The first kappa shape index (κ1) is 15.4. The second-order valence-corrected chi connectivity index (χ2v) is 4.73. The number of aromatic nitrogens is 1. The first-order chi connectivity index (χ1) is 8.81. The Morgan fingerprint density at radius 3 is 2.58 bits per heavy atom. The number of hydrogen-bond donors (Lipinski definition) is 3. The van der Waals surface area contributed by atoms with E-state index in [1.165, 1.54) is 12.3 Å². The van der Waals surface area contributed by atoms with E-state index in [4.69, 9.17) is 21.8 Å². The zero-order chi connectivity index (χ0) is 14.6. The van der Waals surface area contributed by atoms with Gasteiger partial charge >= 0.3 is 11.9 Å². The van der Waals surface area contributed by atoms with Crippen LogP contribution < -0.4 is 5.32 Å². The van der Waals surface area contributed by atoms with Crippen molar-refractivity contribution in [2.75, 3.05) is 0 Å². The summed E-state index contributed by atoms with van der Waals surface area (Å²) in [5.41, 5.74) is -0.0484. The number of nitrogens with one attached hydrogen (secondary N) is 1. The van der Waals surface area contributed by atoms with Crippen LogP contribution in [-0.4, -0.2) is 39.1 Å². The number of hydrogen-bond acceptors (Lipinski definition) is 4. The lowest BCUT2D eigenvalue weighted by Crippen LogP contribution is -2.42. The molecule has 1 aromatic heterocycles. The molecule has 0 aliphatic carbocycles. The molecule has 3 N–H and O–H groups in total. The highest BCUT2D eigenvalue weighted by molar-refractivity contribution is 9.10. The number of nitrogens with zero attached hydrogens (tertiary/aromatic N) is 1. The first-order valence-electron chi connectivity index (χ1n) is 4.87. The van der Waals surface area contributed by atoms with Gasteiger partial charge in [-0.1, -0.05) is 11.6 Å². The Morgan fingerprint density at radius 1 is 1.42 bits per heavy atom. The fourth-order valence-electron chi connectivity index (χ4n) is 1.19. The number of carboxylic acid groups (broad SMARTS) is 2. The van der Waals surface area contributed by atoms with E-state index in [2.05, 4.69) is 26.2 Å². The highest BCUT2D eigenvalue weighted by Crippen LogP contribution is 2.18. The predicted molar refractivity (Wildman–Crippen MR) is 68.1 cm³/mol. The van der Waals surface area contributed by atoms with Gasteiger partial charge in [-0.25, -0.2) is 9.78 Å². The molecular weight excluding hydrogens is 343 g/mol. The quantitative estimate of drug-likeness (QED) is 0.685. The van der Waals surface area contributed by atoms with E-state index < -0.39 is 30.3 Å². The van der Waals surface area contributed by atoms with E-state index in [1.54, 1.807) is 0 Å². The van der Waals surface area contributed by atoms with Crippen molar-refractivity contribution in [2.24, 2.45) is 0 Å². The van der Waals surface area contributed by atoms with Crippen molar-refractivity contribution in [2.45, 2.75) is 12.5 Å². The summed E-state index contributed by atoms with van der Waals surface area (Å²) >= 11 is 8.79. The molecule has 0 aliphatic heterocycles. The van der Waals surface area contributed by atoms with Crippen LogP contribution in [0.2, 0.25) is 5.15 Å². The minimum Gasteiger partial charge on any atom is -0.481 e. The summed E-state index contributed by atoms with van der Waals surface area (Å²) in [6, 6.07) is -0.190. The lowest BCUT2D eigenvalue weighted by Gasteiger charge is -2.12. The molecule has 1 aromatic rings. The van der Waals surface area contributed by atoms with Gasteiger partial charge in [0.15, 0.2) is 0 Å². The van der Waals surface area contributed by atoms with Gasteiger partial charge in [0.1, 0.15) is 11.2 Å². The zero-order valence-electron chi connectivity index (χ0n) is 9.26. The maximum atomic E-state index is 11.8. The van der Waals surface area contributed by atoms with Crippen molar-refractivity contribution >= 4 is 45.4 Å². The molecular formula is C10H8BrClN2O5. The van der Waals surface area contributed by atoms with Crippen molar-refractivity contribution in [1.82, 2.24) is 10.3 Å². The molecule has 0 bridgehead atoms. The summed E-state index contributed by atoms with van der Waals surface area (Å²) < 4.78 is 0.479. The van der Waals surface area contributed by atoms with Crippen LogP contribution in [-0.2, 0) is 9.59 Å². The molecule has 1 atom stereocenters. The van der Waals surface area contributed by atoms with Gasteiger partial charge in [0.25, 0.3) is 5.91 Å². The van der Waals surface area contributed by atoms with Crippen molar-refractivity contribution in [3.63, 3.8) is 0 Å². The normalized spacial score (nSPS) is 11.7. The summed E-state index contributed by atoms with van der Waals surface area (Å²) in [6.45, 7) is 0. The highest BCUT2D eigenvalue weighted by Gasteiger charge is 2.24. The molecule has 0 saturated heterocycles. The van der Waals surface area contributed by atoms with E-state index in [9.17, 15) is 14.4 Å². The van der Waals surface area contributed by atoms with Crippen molar-refractivity contribution < 1.29 is 24.6 Å². The summed E-state index contributed by atoms with van der Waals surface area (Å²) in [5.74, 6) is -3.60. The largest absolute Gasteiger partial charge is 0.481 e. The van der Waals surface area contributed by atoms with Crippen LogP contribution in [0.5, 0.6) is 0 Å². The Hall–Kier alpha value is -1.67. The Bertz CT molecular complexity index is 537. The van der Waals surface area contributed by atoms with Gasteiger partial charge in [-0.2, -0.15) is 0 Å². The smallest absolute Gasteiger partial charge is 0.326 e. The average molecular weight is 352 g/mol. The molecule has 1 heterocycles. The molecule has 0 fully saturated rings. The SMILES string of the molecule is O=C(O)CC(NC(=O)c1cc(Br)cnc1Cl)C(=O)O. The molecule has 7 nitrogen and oxygen atoms in total. The van der Waals surface area contributed by atoms with Crippen LogP contribution >= 0.6 is 27.5 Å². The van der Waals surface area contributed by atoms with E-state index >= 15 is 0 Å². The molecule has 0 radical (unpaired) electrons. The lowest BCUT2D eigenvalue weighted by atomic mass is 10.2. The lowest BCUT2D eigenvalue weighted by molar-refractivity contribution is -0.145. The fraction of sp³-hybridized carbons (Fsp3) is 0.200. The van der Waals surface area contributed by atoms with Gasteiger partial charge in [0.05, 0.1) is 12.0 Å². The Kier molecular flexibility index (Phi) is 5.25. The number of pyridine rings is 1. The molecule has 1 unspecified atom stereocenters. The number of carbonyl (C=O) groups is 3. The van der Waals surface area contributed by atoms with Crippen LogP contribution in [0, 0.1) is 0 Å². The van der Waals surface area contributed by atoms with E-state index in [0.29, 0.717) is 4.47 Å². The molecule has 9 heteroatoms. The van der Waals surface area contributed by atoms with E-state index in [1.807, 2.05) is 0 Å². The molecule has 0 saturated carbocycles. The van der Waals surface area contributed by atoms with Gasteiger partial charge < -0.3 is 15.5 Å². The Labute approximate surface area is 120 Å². The van der Waals surface area contributed by atoms with Gasteiger partial charge in [-0.05, 0) is 22.0 Å². The standard InChI is InChI=1S/C10H8BrClN2O5/c11-4-1-5(8(12)13-3-4)9(17)14-6(10(18)19)2-7(15)16/h1,3,6H,2H2,(H,14,17)(H,15,16)(H,18,19). The molecule has 0 aromatic carbocycles. The van der Waals surface area contributed by atoms with Crippen LogP contribution in [0.15, 0.2) is 16.7 Å². The third-order valence-electron chi connectivity index (χ3n) is 2.03. The molecule has 1 amide bonds. The third kappa shape index (κ3) is 4.49. The van der Waals surface area contributed by atoms with E-state index in [-0.39, 0.29) is 10.7 Å². The monoisotopic (exact) mass is 350 g/mol. The van der Waals surface area contributed by atoms with Crippen molar-refractivity contribution in [3.05, 3.63) is 27.5 Å². The number of aliphatic carboxylic acids is 2. The fourth-order valence-corrected chi connectivity index (χ4v) is 1.71. The summed E-state index contributed by atoms with van der Waals surface area (Å²) in [7, 11) is 0. The molecule has 1 rings (SSSR count). The zero-order valence-corrected chi connectivity index (χ0v) is 11.6. The van der Waals surface area contributed by atoms with Crippen molar-refractivity contribution in [1.29, 1.82) is 0 Å². The number of carbonyl (C=O) groups excluding carboxylic acids is 1. The van der Waals surface area contributed by atoms with Crippen LogP contribution in [0.1, 0.15) is 16.8 Å². The minimum atomic E-state index is -1.54. The van der Waals surface area contributed by atoms with Crippen LogP contribution in [0.4, 0.5) is 0 Å². The minimum absolute atomic E-state index is 0.0484.